The van der Waals surface area contributed by atoms with Gasteiger partial charge in [0, 0.05) is 18.4 Å². The van der Waals surface area contributed by atoms with Crippen molar-refractivity contribution in [1.29, 1.82) is 5.26 Å². The number of rotatable bonds is 6. The summed E-state index contributed by atoms with van der Waals surface area (Å²) in [5.74, 6) is 0.239. The average molecular weight is 321 g/mol. The Hall–Kier alpha value is -3.26. The maximum atomic E-state index is 12.1. The lowest BCUT2D eigenvalue weighted by Gasteiger charge is -2.06. The van der Waals surface area contributed by atoms with E-state index in [1.54, 1.807) is 31.4 Å². The van der Waals surface area contributed by atoms with Crippen molar-refractivity contribution in [3.05, 3.63) is 71.4 Å². The van der Waals surface area contributed by atoms with Gasteiger partial charge < -0.3 is 15.4 Å². The summed E-state index contributed by atoms with van der Waals surface area (Å²) in [5, 5.41) is 14.8. The van der Waals surface area contributed by atoms with Crippen LogP contribution in [-0.4, -0.2) is 13.0 Å². The van der Waals surface area contributed by atoms with Gasteiger partial charge in [-0.1, -0.05) is 29.8 Å². The summed E-state index contributed by atoms with van der Waals surface area (Å²) < 4.78 is 5.06. The zero-order valence-corrected chi connectivity index (χ0v) is 13.7. The van der Waals surface area contributed by atoms with Crippen LogP contribution in [0.4, 0.5) is 5.69 Å². The number of benzene rings is 2. The Morgan fingerprint density at radius 2 is 1.83 bits per heavy atom. The molecule has 0 saturated heterocycles. The molecule has 0 aliphatic heterocycles. The standard InChI is InChI=1S/C19H19N3O2/c1-14-3-5-15(6-4-14)12-21-13-16(11-20)19(23)22-17-7-9-18(24-2)10-8-17/h3-10,13,21H,12H2,1-2H3,(H,22,23)/b16-13-. The lowest BCUT2D eigenvalue weighted by atomic mass is 10.1. The normalized spacial score (nSPS) is 10.6. The van der Waals surface area contributed by atoms with Crippen LogP contribution in [0.3, 0.4) is 0 Å². The summed E-state index contributed by atoms with van der Waals surface area (Å²) in [6.07, 6.45) is 1.43. The first kappa shape index (κ1) is 17.1. The Balaban J connectivity index is 1.94. The van der Waals surface area contributed by atoms with Gasteiger partial charge >= 0.3 is 0 Å². The molecule has 2 N–H and O–H groups in total. The van der Waals surface area contributed by atoms with Crippen molar-refractivity contribution in [1.82, 2.24) is 5.32 Å². The van der Waals surface area contributed by atoms with Crippen LogP contribution < -0.4 is 15.4 Å². The Labute approximate surface area is 141 Å². The van der Waals surface area contributed by atoms with Crippen molar-refractivity contribution in [2.45, 2.75) is 13.5 Å². The van der Waals surface area contributed by atoms with Crippen LogP contribution >= 0.6 is 0 Å². The third-order valence-electron chi connectivity index (χ3n) is 3.39. The third kappa shape index (κ3) is 4.89. The van der Waals surface area contributed by atoms with Gasteiger partial charge in [-0.05, 0) is 36.8 Å². The summed E-state index contributed by atoms with van der Waals surface area (Å²) in [6.45, 7) is 2.57. The molecule has 0 aromatic heterocycles. The molecular weight excluding hydrogens is 302 g/mol. The highest BCUT2D eigenvalue weighted by Gasteiger charge is 2.09. The van der Waals surface area contributed by atoms with Gasteiger partial charge in [0.1, 0.15) is 17.4 Å². The average Bonchev–Trinajstić information content (AvgIpc) is 2.61. The van der Waals surface area contributed by atoms with Crippen LogP contribution in [0.2, 0.25) is 0 Å². The fourth-order valence-electron chi connectivity index (χ4n) is 2.00. The van der Waals surface area contributed by atoms with E-state index in [0.29, 0.717) is 18.0 Å². The van der Waals surface area contributed by atoms with Gasteiger partial charge in [0.2, 0.25) is 0 Å². The molecule has 24 heavy (non-hydrogen) atoms. The molecule has 0 bridgehead atoms. The third-order valence-corrected chi connectivity index (χ3v) is 3.39. The minimum absolute atomic E-state index is 0.0120. The Kier molecular flexibility index (Phi) is 5.98. The maximum absolute atomic E-state index is 12.1. The first-order chi connectivity index (χ1) is 11.6. The highest BCUT2D eigenvalue weighted by atomic mass is 16.5. The van der Waals surface area contributed by atoms with Crippen molar-refractivity contribution in [3.8, 4) is 11.8 Å². The molecule has 5 heteroatoms. The Morgan fingerprint density at radius 3 is 2.42 bits per heavy atom. The van der Waals surface area contributed by atoms with Crippen LogP contribution in [0, 0.1) is 18.3 Å². The number of hydrogen-bond donors (Lipinski definition) is 2. The second-order valence-electron chi connectivity index (χ2n) is 5.22. The molecule has 0 aliphatic rings. The minimum Gasteiger partial charge on any atom is -0.497 e. The molecule has 0 fully saturated rings. The lowest BCUT2D eigenvalue weighted by molar-refractivity contribution is -0.112. The van der Waals surface area contributed by atoms with Gasteiger partial charge in [0.25, 0.3) is 5.91 Å². The number of hydrogen-bond acceptors (Lipinski definition) is 4. The largest absolute Gasteiger partial charge is 0.497 e. The topological polar surface area (TPSA) is 74.1 Å². The fraction of sp³-hybridized carbons (Fsp3) is 0.158. The number of carbonyl (C=O) groups is 1. The number of anilines is 1. The number of carbonyl (C=O) groups excluding carboxylic acids is 1. The Bertz CT molecular complexity index is 757. The molecule has 122 valence electrons. The molecule has 0 atom stereocenters. The number of amides is 1. The van der Waals surface area contributed by atoms with Gasteiger partial charge in [-0.15, -0.1) is 0 Å². The quantitative estimate of drug-likeness (QED) is 0.633. The number of methoxy groups -OCH3 is 1. The van der Waals surface area contributed by atoms with E-state index in [-0.39, 0.29) is 5.57 Å². The minimum atomic E-state index is -0.459. The predicted molar refractivity (Wildman–Crippen MR) is 93.3 cm³/mol. The SMILES string of the molecule is COc1ccc(NC(=O)/C(C#N)=C\NCc2ccc(C)cc2)cc1. The maximum Gasteiger partial charge on any atom is 0.267 e. The van der Waals surface area contributed by atoms with Gasteiger partial charge in [-0.3, -0.25) is 4.79 Å². The van der Waals surface area contributed by atoms with E-state index in [9.17, 15) is 4.79 Å². The highest BCUT2D eigenvalue weighted by molar-refractivity contribution is 6.06. The molecule has 0 radical (unpaired) electrons. The van der Waals surface area contributed by atoms with Crippen molar-refractivity contribution < 1.29 is 9.53 Å². The van der Waals surface area contributed by atoms with Gasteiger partial charge in [-0.2, -0.15) is 5.26 Å². The lowest BCUT2D eigenvalue weighted by Crippen LogP contribution is -2.16. The summed E-state index contributed by atoms with van der Waals surface area (Å²) in [7, 11) is 1.57. The molecule has 2 rings (SSSR count). The number of aryl methyl sites for hydroxylation is 1. The smallest absolute Gasteiger partial charge is 0.267 e. The fourth-order valence-corrected chi connectivity index (χ4v) is 2.00. The van der Waals surface area contributed by atoms with E-state index in [1.807, 2.05) is 37.3 Å². The molecule has 2 aromatic carbocycles. The van der Waals surface area contributed by atoms with E-state index in [1.165, 1.54) is 11.8 Å². The zero-order valence-electron chi connectivity index (χ0n) is 13.7. The summed E-state index contributed by atoms with van der Waals surface area (Å²) in [5.41, 5.74) is 2.87. The van der Waals surface area contributed by atoms with E-state index < -0.39 is 5.91 Å². The van der Waals surface area contributed by atoms with Crippen LogP contribution in [-0.2, 0) is 11.3 Å². The molecular formula is C19H19N3O2. The molecule has 0 spiro atoms. The summed E-state index contributed by atoms with van der Waals surface area (Å²) >= 11 is 0. The molecule has 0 saturated carbocycles. The highest BCUT2D eigenvalue weighted by Crippen LogP contribution is 2.15. The van der Waals surface area contributed by atoms with Crippen molar-refractivity contribution >= 4 is 11.6 Å². The monoisotopic (exact) mass is 321 g/mol. The van der Waals surface area contributed by atoms with E-state index in [0.717, 1.165) is 5.56 Å². The van der Waals surface area contributed by atoms with Crippen LogP contribution in [0.25, 0.3) is 0 Å². The predicted octanol–water partition coefficient (Wildman–Crippen LogP) is 3.14. The molecule has 0 aliphatic carbocycles. The first-order valence-corrected chi connectivity index (χ1v) is 7.47. The van der Waals surface area contributed by atoms with Crippen LogP contribution in [0.15, 0.2) is 60.3 Å². The molecule has 2 aromatic rings. The van der Waals surface area contributed by atoms with Crippen LogP contribution in [0.5, 0.6) is 5.75 Å². The number of nitrogens with one attached hydrogen (secondary N) is 2. The second-order valence-corrected chi connectivity index (χ2v) is 5.22. The van der Waals surface area contributed by atoms with Crippen LogP contribution in [0.1, 0.15) is 11.1 Å². The number of nitriles is 1. The summed E-state index contributed by atoms with van der Waals surface area (Å²) in [6, 6.07) is 16.8. The Morgan fingerprint density at radius 1 is 1.17 bits per heavy atom. The van der Waals surface area contributed by atoms with E-state index in [4.69, 9.17) is 10.00 Å². The number of nitrogens with zero attached hydrogens (tertiary/aromatic N) is 1. The van der Waals surface area contributed by atoms with Crippen molar-refractivity contribution in [2.75, 3.05) is 12.4 Å². The second kappa shape index (κ2) is 8.39. The van der Waals surface area contributed by atoms with E-state index in [2.05, 4.69) is 10.6 Å². The zero-order chi connectivity index (χ0) is 17.4. The van der Waals surface area contributed by atoms with Crippen molar-refractivity contribution in [3.63, 3.8) is 0 Å². The molecule has 0 unspecified atom stereocenters. The van der Waals surface area contributed by atoms with E-state index >= 15 is 0 Å². The molecule has 5 nitrogen and oxygen atoms in total. The molecule has 1 amide bonds. The van der Waals surface area contributed by atoms with Gasteiger partial charge in [-0.25, -0.2) is 0 Å². The van der Waals surface area contributed by atoms with Crippen molar-refractivity contribution in [2.24, 2.45) is 0 Å². The first-order valence-electron chi connectivity index (χ1n) is 7.47. The molecule has 0 heterocycles. The van der Waals surface area contributed by atoms with Gasteiger partial charge in [0.05, 0.1) is 7.11 Å². The van der Waals surface area contributed by atoms with Gasteiger partial charge in [0.15, 0.2) is 0 Å². The number of ether oxygens (including phenoxy) is 1. The summed E-state index contributed by atoms with van der Waals surface area (Å²) in [4.78, 5) is 12.1.